The van der Waals surface area contributed by atoms with Gasteiger partial charge < -0.3 is 24.4 Å². The smallest absolute Gasteiger partial charge is 0.389 e. The van der Waals surface area contributed by atoms with Crippen molar-refractivity contribution in [2.24, 2.45) is 5.92 Å². The van der Waals surface area contributed by atoms with Crippen LogP contribution in [-0.4, -0.2) is 99.2 Å². The molecule has 10 nitrogen and oxygen atoms in total. The highest BCUT2D eigenvalue weighted by Gasteiger charge is 2.32. The number of halogens is 3. The maximum Gasteiger partial charge on any atom is 0.389 e. The summed E-state index contributed by atoms with van der Waals surface area (Å²) in [4.78, 5) is 29.0. The van der Waals surface area contributed by atoms with Crippen molar-refractivity contribution in [3.8, 4) is 5.75 Å². The van der Waals surface area contributed by atoms with E-state index in [2.05, 4.69) is 4.72 Å². The molecule has 0 fully saturated rings. The molecule has 0 radical (unpaired) electrons. The van der Waals surface area contributed by atoms with E-state index >= 15 is 0 Å². The maximum atomic E-state index is 13.9. The van der Waals surface area contributed by atoms with E-state index < -0.39 is 58.9 Å². The summed E-state index contributed by atoms with van der Waals surface area (Å²) in [5, 5.41) is 9.98. The number of likely N-dealkylation sites (N-methyl/N-ethyl adjacent to an activating group) is 1. The molecule has 0 aromatic heterocycles. The molecule has 0 saturated carbocycles. The number of carbonyl (C=O) groups is 2. The predicted molar refractivity (Wildman–Crippen MR) is 148 cm³/mol. The van der Waals surface area contributed by atoms with Crippen LogP contribution in [0.2, 0.25) is 0 Å². The quantitative estimate of drug-likeness (QED) is 0.461. The summed E-state index contributed by atoms with van der Waals surface area (Å²) in [6.45, 7) is 5.37. The minimum atomic E-state index is -4.44. The van der Waals surface area contributed by atoms with Gasteiger partial charge >= 0.3 is 6.18 Å². The number of hydrogen-bond acceptors (Lipinski definition) is 7. The monoisotopic (exact) mass is 609 g/mol. The number of rotatable bonds is 8. The van der Waals surface area contributed by atoms with Gasteiger partial charge in [-0.15, -0.1) is 0 Å². The van der Waals surface area contributed by atoms with E-state index in [1.165, 1.54) is 35.0 Å². The largest absolute Gasteiger partial charge is 0.490 e. The lowest BCUT2D eigenvalue weighted by atomic mass is 10.0. The number of aliphatic hydroxyl groups excluding tert-OH is 1. The molecule has 2 rings (SSSR count). The first-order valence-electron chi connectivity index (χ1n) is 13.6. The summed E-state index contributed by atoms with van der Waals surface area (Å²) in [5.74, 6) is -1.30. The van der Waals surface area contributed by atoms with E-state index in [-0.39, 0.29) is 42.8 Å². The predicted octanol–water partition coefficient (Wildman–Crippen LogP) is 3.65. The molecular weight excluding hydrogens is 567 g/mol. The third-order valence-electron chi connectivity index (χ3n) is 6.86. The van der Waals surface area contributed by atoms with Crippen LogP contribution in [0, 0.1) is 5.92 Å². The Morgan fingerprint density at radius 2 is 1.95 bits per heavy atom. The zero-order chi connectivity index (χ0) is 31.0. The maximum absolute atomic E-state index is 13.9. The van der Waals surface area contributed by atoms with E-state index in [4.69, 9.17) is 9.47 Å². The van der Waals surface area contributed by atoms with E-state index in [0.29, 0.717) is 19.4 Å². The van der Waals surface area contributed by atoms with Gasteiger partial charge in [-0.05, 0) is 51.3 Å². The van der Waals surface area contributed by atoms with Crippen molar-refractivity contribution >= 4 is 27.5 Å². The molecule has 2 N–H and O–H groups in total. The Morgan fingerprint density at radius 1 is 1.27 bits per heavy atom. The SMILES string of the molecule is C[C@@H]1CCCCO[C@H](CN(C)C(=O)CCC(F)(F)F)[C@@H](C)CN([C@H](C)CO)C(=O)c2cc(NS(C)(=O)=O)ccc2O1. The van der Waals surface area contributed by atoms with Crippen LogP contribution < -0.4 is 9.46 Å². The number of nitrogens with zero attached hydrogens (tertiary/aromatic N) is 2. The van der Waals surface area contributed by atoms with Crippen molar-refractivity contribution in [3.05, 3.63) is 23.8 Å². The normalized spacial score (nSPS) is 22.2. The van der Waals surface area contributed by atoms with Crippen LogP contribution in [0.25, 0.3) is 0 Å². The Balaban J connectivity index is 2.42. The van der Waals surface area contributed by atoms with Crippen LogP contribution in [0.5, 0.6) is 5.75 Å². The molecule has 0 saturated heterocycles. The number of carbonyl (C=O) groups excluding carboxylic acids is 2. The average molecular weight is 610 g/mol. The summed E-state index contributed by atoms with van der Waals surface area (Å²) in [7, 11) is -2.21. The van der Waals surface area contributed by atoms with Crippen LogP contribution in [0.3, 0.4) is 0 Å². The Labute approximate surface area is 240 Å². The molecule has 4 atom stereocenters. The van der Waals surface area contributed by atoms with Gasteiger partial charge in [0.1, 0.15) is 5.75 Å². The van der Waals surface area contributed by atoms with Gasteiger partial charge in [0.25, 0.3) is 5.91 Å². The van der Waals surface area contributed by atoms with Gasteiger partial charge in [0.2, 0.25) is 15.9 Å². The fourth-order valence-corrected chi connectivity index (χ4v) is 5.03. The van der Waals surface area contributed by atoms with Gasteiger partial charge in [-0.3, -0.25) is 14.3 Å². The lowest BCUT2D eigenvalue weighted by molar-refractivity contribution is -0.149. The third kappa shape index (κ3) is 11.7. The van der Waals surface area contributed by atoms with E-state index in [9.17, 15) is 36.3 Å². The number of fused-ring (bicyclic) bond motifs is 1. The molecule has 1 aliphatic rings. The minimum Gasteiger partial charge on any atom is -0.490 e. The second-order valence-corrected chi connectivity index (χ2v) is 12.5. The molecule has 1 aliphatic heterocycles. The van der Waals surface area contributed by atoms with Gasteiger partial charge in [-0.2, -0.15) is 13.2 Å². The third-order valence-corrected chi connectivity index (χ3v) is 7.46. The number of aliphatic hydroxyl groups is 1. The Morgan fingerprint density at radius 3 is 2.56 bits per heavy atom. The molecule has 0 spiro atoms. The van der Waals surface area contributed by atoms with E-state index in [0.717, 1.165) is 12.7 Å². The molecule has 41 heavy (non-hydrogen) atoms. The summed E-state index contributed by atoms with van der Waals surface area (Å²) in [6.07, 6.45) is -4.20. The standard InChI is InChI=1S/C27H42F3N3O7S/c1-18-15-33(19(2)17-34)26(36)22-14-21(31-41(5,37)38)9-10-23(22)40-20(3)8-6-7-13-39-24(18)16-32(4)25(35)11-12-27(28,29)30/h9-10,14,18-20,24,31,34H,6-8,11-13,15-17H2,1-5H3/t18-,19+,20+,24+/m0/s1. The number of ether oxygens (including phenoxy) is 2. The minimum absolute atomic E-state index is 0.0198. The lowest BCUT2D eigenvalue weighted by Gasteiger charge is -2.36. The number of nitrogens with one attached hydrogen (secondary N) is 1. The molecule has 1 aromatic rings. The second-order valence-electron chi connectivity index (χ2n) is 10.8. The van der Waals surface area contributed by atoms with Crippen molar-refractivity contribution in [3.63, 3.8) is 0 Å². The van der Waals surface area contributed by atoms with Gasteiger partial charge in [0.05, 0.1) is 43.1 Å². The molecule has 1 aromatic carbocycles. The van der Waals surface area contributed by atoms with Crippen molar-refractivity contribution in [2.45, 2.75) is 77.3 Å². The highest BCUT2D eigenvalue weighted by Crippen LogP contribution is 2.29. The molecule has 0 aliphatic carbocycles. The number of anilines is 1. The fourth-order valence-electron chi connectivity index (χ4n) is 4.47. The van der Waals surface area contributed by atoms with Crippen LogP contribution in [0.1, 0.15) is 63.2 Å². The number of hydrogen-bond donors (Lipinski definition) is 2. The molecule has 2 amide bonds. The summed E-state index contributed by atoms with van der Waals surface area (Å²) in [6, 6.07) is 3.77. The van der Waals surface area contributed by atoms with Gasteiger partial charge in [0.15, 0.2) is 0 Å². The Kier molecular flexibility index (Phi) is 12.7. The Hall–Kier alpha value is -2.58. The molecular formula is C27H42F3N3O7S. The van der Waals surface area contributed by atoms with Crippen molar-refractivity contribution < 1.29 is 45.8 Å². The topological polar surface area (TPSA) is 125 Å². The lowest BCUT2D eigenvalue weighted by Crippen LogP contribution is -2.48. The Bertz CT molecular complexity index is 1130. The van der Waals surface area contributed by atoms with E-state index in [1.807, 2.05) is 6.92 Å². The number of benzene rings is 1. The highest BCUT2D eigenvalue weighted by molar-refractivity contribution is 7.92. The fraction of sp³-hybridized carbons (Fsp3) is 0.704. The van der Waals surface area contributed by atoms with Crippen LogP contribution >= 0.6 is 0 Å². The van der Waals surface area contributed by atoms with E-state index in [1.54, 1.807) is 13.8 Å². The van der Waals surface area contributed by atoms with Crippen molar-refractivity contribution in [2.75, 3.05) is 44.3 Å². The number of alkyl halides is 3. The molecule has 234 valence electrons. The molecule has 0 bridgehead atoms. The first-order chi connectivity index (χ1) is 19.0. The molecule has 14 heteroatoms. The highest BCUT2D eigenvalue weighted by atomic mass is 32.2. The first-order valence-corrected chi connectivity index (χ1v) is 15.5. The van der Waals surface area contributed by atoms with Gasteiger partial charge in [0, 0.05) is 44.8 Å². The van der Waals surface area contributed by atoms with Crippen LogP contribution in [0.4, 0.5) is 18.9 Å². The van der Waals surface area contributed by atoms with Crippen molar-refractivity contribution in [1.82, 2.24) is 9.80 Å². The summed E-state index contributed by atoms with van der Waals surface area (Å²) in [5.41, 5.74) is 0.272. The van der Waals surface area contributed by atoms with Crippen molar-refractivity contribution in [1.29, 1.82) is 0 Å². The molecule has 0 unspecified atom stereocenters. The first kappa shape index (κ1) is 34.6. The second kappa shape index (κ2) is 15.1. The zero-order valence-electron chi connectivity index (χ0n) is 24.2. The number of sulfonamides is 1. The summed E-state index contributed by atoms with van der Waals surface area (Å²) < 4.78 is 76.2. The van der Waals surface area contributed by atoms with Gasteiger partial charge in [-0.25, -0.2) is 8.42 Å². The molecule has 1 heterocycles. The van der Waals surface area contributed by atoms with Crippen LogP contribution in [0.15, 0.2) is 18.2 Å². The van der Waals surface area contributed by atoms with Crippen LogP contribution in [-0.2, 0) is 19.6 Å². The summed E-state index contributed by atoms with van der Waals surface area (Å²) >= 11 is 0. The van der Waals surface area contributed by atoms with Gasteiger partial charge in [-0.1, -0.05) is 6.92 Å². The average Bonchev–Trinajstić information content (AvgIpc) is 2.87. The zero-order valence-corrected chi connectivity index (χ0v) is 25.1. The number of amides is 2.